The Bertz CT molecular complexity index is 692. The summed E-state index contributed by atoms with van der Waals surface area (Å²) in [6, 6.07) is 6.66. The van der Waals surface area contributed by atoms with Gasteiger partial charge in [-0.1, -0.05) is 23.7 Å². The highest BCUT2D eigenvalue weighted by Gasteiger charge is 2.39. The first-order valence-electron chi connectivity index (χ1n) is 8.12. The van der Waals surface area contributed by atoms with Gasteiger partial charge >= 0.3 is 0 Å². The van der Waals surface area contributed by atoms with Crippen LogP contribution in [-0.2, 0) is 17.9 Å². The predicted octanol–water partition coefficient (Wildman–Crippen LogP) is 0.606. The van der Waals surface area contributed by atoms with Crippen LogP contribution in [-0.4, -0.2) is 55.5 Å². The van der Waals surface area contributed by atoms with Gasteiger partial charge in [0, 0.05) is 30.5 Å². The largest absolute Gasteiger partial charge is 0.392 e. The molecule has 8 heteroatoms. The average molecular weight is 365 g/mol. The number of hydrogen-bond acceptors (Lipinski definition) is 5. The molecule has 1 aromatic carbocycles. The minimum Gasteiger partial charge on any atom is -0.392 e. The first kappa shape index (κ1) is 17.9. The molecule has 0 aliphatic carbocycles. The quantitative estimate of drug-likeness (QED) is 0.698. The van der Waals surface area contributed by atoms with Crippen LogP contribution in [0.4, 0.5) is 0 Å². The number of halogens is 1. The standard InChI is InChI=1S/C17H21ClN4O3/c18-13-3-1-12(2-4-13)8-20-17(25)15-7-14(23)9-22(15)16(24)10-21-6-5-19-11-21/h1-6,11,14-16,23-24H,7-10H2,(H,20,25). The maximum Gasteiger partial charge on any atom is 0.237 e. The van der Waals surface area contributed by atoms with E-state index in [0.717, 1.165) is 5.56 Å². The number of rotatable bonds is 6. The molecule has 3 atom stereocenters. The Morgan fingerprint density at radius 2 is 2.16 bits per heavy atom. The molecular formula is C17H21ClN4O3. The Kier molecular flexibility index (Phi) is 5.70. The van der Waals surface area contributed by atoms with Crippen LogP contribution in [0.3, 0.4) is 0 Å². The summed E-state index contributed by atoms with van der Waals surface area (Å²) in [6.07, 6.45) is 3.76. The molecule has 134 valence electrons. The molecule has 0 bridgehead atoms. The molecule has 7 nitrogen and oxygen atoms in total. The fourth-order valence-electron chi connectivity index (χ4n) is 3.02. The second kappa shape index (κ2) is 7.97. The summed E-state index contributed by atoms with van der Waals surface area (Å²) in [5.74, 6) is -0.212. The molecular weight excluding hydrogens is 344 g/mol. The minimum atomic E-state index is -0.877. The molecule has 1 saturated heterocycles. The SMILES string of the molecule is O=C(NCc1ccc(Cl)cc1)C1CC(O)CN1C(O)Cn1ccnc1. The van der Waals surface area contributed by atoms with Crippen LogP contribution < -0.4 is 5.32 Å². The third-order valence-corrected chi connectivity index (χ3v) is 4.57. The van der Waals surface area contributed by atoms with Crippen LogP contribution in [0.1, 0.15) is 12.0 Å². The number of nitrogens with one attached hydrogen (secondary N) is 1. The minimum absolute atomic E-state index is 0.212. The molecule has 1 aliphatic rings. The summed E-state index contributed by atoms with van der Waals surface area (Å²) in [5.41, 5.74) is 0.932. The zero-order chi connectivity index (χ0) is 17.8. The van der Waals surface area contributed by atoms with Gasteiger partial charge in [-0.3, -0.25) is 9.69 Å². The smallest absolute Gasteiger partial charge is 0.237 e. The van der Waals surface area contributed by atoms with Crippen LogP contribution in [0.15, 0.2) is 43.0 Å². The van der Waals surface area contributed by atoms with Gasteiger partial charge in [0.1, 0.15) is 6.23 Å². The highest BCUT2D eigenvalue weighted by Crippen LogP contribution is 2.21. The maximum absolute atomic E-state index is 12.5. The normalized spacial score (nSPS) is 22.0. The van der Waals surface area contributed by atoms with Crippen LogP contribution in [0.25, 0.3) is 0 Å². The number of carbonyl (C=O) groups excluding carboxylic acids is 1. The summed E-state index contributed by atoms with van der Waals surface area (Å²) < 4.78 is 1.73. The molecule has 1 fully saturated rings. The van der Waals surface area contributed by atoms with E-state index in [0.29, 0.717) is 18.0 Å². The molecule has 1 amide bonds. The van der Waals surface area contributed by atoms with E-state index in [1.807, 2.05) is 12.1 Å². The number of aliphatic hydroxyl groups is 2. The monoisotopic (exact) mass is 364 g/mol. The van der Waals surface area contributed by atoms with Crippen molar-refractivity contribution >= 4 is 17.5 Å². The highest BCUT2D eigenvalue weighted by atomic mass is 35.5. The lowest BCUT2D eigenvalue weighted by Crippen LogP contribution is -2.48. The van der Waals surface area contributed by atoms with Crippen molar-refractivity contribution in [3.63, 3.8) is 0 Å². The number of aliphatic hydroxyl groups excluding tert-OH is 2. The van der Waals surface area contributed by atoms with Crippen LogP contribution >= 0.6 is 11.6 Å². The zero-order valence-corrected chi connectivity index (χ0v) is 14.4. The van der Waals surface area contributed by atoms with E-state index < -0.39 is 18.4 Å². The number of benzene rings is 1. The van der Waals surface area contributed by atoms with E-state index in [1.54, 1.807) is 40.3 Å². The highest BCUT2D eigenvalue weighted by molar-refractivity contribution is 6.30. The van der Waals surface area contributed by atoms with Crippen LogP contribution in [0, 0.1) is 0 Å². The third-order valence-electron chi connectivity index (χ3n) is 4.32. The molecule has 1 aliphatic heterocycles. The molecule has 3 N–H and O–H groups in total. The topological polar surface area (TPSA) is 90.6 Å². The number of hydrogen-bond donors (Lipinski definition) is 3. The number of amides is 1. The number of β-amino-alcohol motifs (C(OH)–C–C–N with tert-alkyl or cyclic N) is 1. The Hall–Kier alpha value is -1.93. The first-order valence-corrected chi connectivity index (χ1v) is 8.50. The van der Waals surface area contributed by atoms with E-state index >= 15 is 0 Å². The number of aromatic nitrogens is 2. The second-order valence-corrected chi connectivity index (χ2v) is 6.62. The van der Waals surface area contributed by atoms with E-state index in [2.05, 4.69) is 10.3 Å². The van der Waals surface area contributed by atoms with E-state index in [-0.39, 0.29) is 19.0 Å². The lowest BCUT2D eigenvalue weighted by atomic mass is 10.1. The van der Waals surface area contributed by atoms with Gasteiger partial charge in [0.15, 0.2) is 0 Å². The average Bonchev–Trinajstić information content (AvgIpc) is 3.23. The molecule has 0 radical (unpaired) electrons. The first-order chi connectivity index (χ1) is 12.0. The van der Waals surface area contributed by atoms with Gasteiger partial charge in [-0.25, -0.2) is 4.98 Å². The van der Waals surface area contributed by atoms with E-state index in [9.17, 15) is 15.0 Å². The summed E-state index contributed by atoms with van der Waals surface area (Å²) >= 11 is 5.85. The fourth-order valence-corrected chi connectivity index (χ4v) is 3.15. The molecule has 1 aromatic heterocycles. The van der Waals surface area contributed by atoms with Crippen molar-refractivity contribution in [1.82, 2.24) is 19.8 Å². The van der Waals surface area contributed by atoms with Crippen molar-refractivity contribution in [1.29, 1.82) is 0 Å². The molecule has 2 aromatic rings. The molecule has 3 rings (SSSR count). The van der Waals surface area contributed by atoms with Crippen molar-refractivity contribution in [2.75, 3.05) is 6.54 Å². The Labute approximate surface area is 150 Å². The number of carbonyl (C=O) groups is 1. The van der Waals surface area contributed by atoms with Crippen molar-refractivity contribution in [3.8, 4) is 0 Å². The summed E-state index contributed by atoms with van der Waals surface area (Å²) in [7, 11) is 0. The van der Waals surface area contributed by atoms with Crippen molar-refractivity contribution < 1.29 is 15.0 Å². The Morgan fingerprint density at radius 1 is 1.40 bits per heavy atom. The molecule has 0 spiro atoms. The van der Waals surface area contributed by atoms with E-state index in [1.165, 1.54) is 0 Å². The number of likely N-dealkylation sites (tertiary alicyclic amines) is 1. The van der Waals surface area contributed by atoms with Crippen molar-refractivity contribution in [3.05, 3.63) is 53.6 Å². The summed E-state index contributed by atoms with van der Waals surface area (Å²) in [4.78, 5) is 18.1. The molecule has 0 saturated carbocycles. The fraction of sp³-hybridized carbons (Fsp3) is 0.412. The van der Waals surface area contributed by atoms with Gasteiger partial charge in [-0.2, -0.15) is 0 Å². The van der Waals surface area contributed by atoms with Crippen LogP contribution in [0.2, 0.25) is 5.02 Å². The summed E-state index contributed by atoms with van der Waals surface area (Å²) in [6.45, 7) is 0.913. The molecule has 2 heterocycles. The number of imidazole rings is 1. The van der Waals surface area contributed by atoms with Crippen molar-refractivity contribution in [2.24, 2.45) is 0 Å². The van der Waals surface area contributed by atoms with Gasteiger partial charge in [0.2, 0.25) is 5.91 Å². The van der Waals surface area contributed by atoms with Gasteiger partial charge in [-0.15, -0.1) is 0 Å². The predicted molar refractivity (Wildman–Crippen MR) is 92.7 cm³/mol. The lowest BCUT2D eigenvalue weighted by molar-refractivity contribution is -0.130. The Balaban J connectivity index is 1.59. The molecule has 25 heavy (non-hydrogen) atoms. The number of nitrogens with zero attached hydrogens (tertiary/aromatic N) is 3. The lowest BCUT2D eigenvalue weighted by Gasteiger charge is -2.28. The molecule has 3 unspecified atom stereocenters. The van der Waals surface area contributed by atoms with Gasteiger partial charge < -0.3 is 20.1 Å². The van der Waals surface area contributed by atoms with Crippen LogP contribution in [0.5, 0.6) is 0 Å². The zero-order valence-electron chi connectivity index (χ0n) is 13.6. The van der Waals surface area contributed by atoms with Gasteiger partial charge in [-0.05, 0) is 24.1 Å². The van der Waals surface area contributed by atoms with Gasteiger partial charge in [0.05, 0.1) is 25.0 Å². The van der Waals surface area contributed by atoms with Gasteiger partial charge in [0.25, 0.3) is 0 Å². The van der Waals surface area contributed by atoms with Crippen molar-refractivity contribution in [2.45, 2.75) is 37.9 Å². The second-order valence-electron chi connectivity index (χ2n) is 6.19. The Morgan fingerprint density at radius 3 is 2.84 bits per heavy atom. The summed E-state index contributed by atoms with van der Waals surface area (Å²) in [5, 5.41) is 23.9. The maximum atomic E-state index is 12.5. The third kappa shape index (κ3) is 4.58. The van der Waals surface area contributed by atoms with E-state index in [4.69, 9.17) is 11.6 Å².